The van der Waals surface area contributed by atoms with Gasteiger partial charge in [0.1, 0.15) is 6.54 Å². The second kappa shape index (κ2) is 7.79. The van der Waals surface area contributed by atoms with Crippen molar-refractivity contribution < 1.29 is 19.5 Å². The number of halogens is 1. The Kier molecular flexibility index (Phi) is 6.01. The number of likely N-dealkylation sites (tertiary alicyclic amines) is 1. The van der Waals surface area contributed by atoms with E-state index in [0.717, 1.165) is 6.42 Å². The van der Waals surface area contributed by atoms with E-state index < -0.39 is 5.97 Å². The molecular formula is C15H19ClN2O4S. The Morgan fingerprint density at radius 1 is 1.35 bits per heavy atom. The lowest BCUT2D eigenvalue weighted by atomic mass is 10.1. The molecule has 2 amide bonds. The van der Waals surface area contributed by atoms with Gasteiger partial charge in [0.2, 0.25) is 5.91 Å². The van der Waals surface area contributed by atoms with Crippen molar-refractivity contribution in [2.24, 2.45) is 0 Å². The smallest absolute Gasteiger partial charge is 0.323 e. The molecule has 0 saturated carbocycles. The summed E-state index contributed by atoms with van der Waals surface area (Å²) in [4.78, 5) is 38.8. The summed E-state index contributed by atoms with van der Waals surface area (Å²) in [5.74, 6) is -1.33. The zero-order chi connectivity index (χ0) is 17.0. The first-order chi connectivity index (χ1) is 10.9. The number of amides is 2. The number of hydrogen-bond acceptors (Lipinski definition) is 4. The number of carboxylic acid groups (broad SMARTS) is 1. The van der Waals surface area contributed by atoms with Crippen LogP contribution in [0.3, 0.4) is 0 Å². The van der Waals surface area contributed by atoms with Gasteiger partial charge in [-0.2, -0.15) is 0 Å². The Hall–Kier alpha value is -1.60. The first-order valence-electron chi connectivity index (χ1n) is 7.42. The van der Waals surface area contributed by atoms with E-state index >= 15 is 0 Å². The maximum Gasteiger partial charge on any atom is 0.323 e. The van der Waals surface area contributed by atoms with E-state index in [1.54, 1.807) is 17.0 Å². The molecule has 0 spiro atoms. The molecule has 0 radical (unpaired) electrons. The number of carboxylic acids is 1. The minimum atomic E-state index is -1.02. The van der Waals surface area contributed by atoms with Gasteiger partial charge in [-0.05, 0) is 31.4 Å². The largest absolute Gasteiger partial charge is 0.480 e. The fraction of sp³-hybridized carbons (Fsp3) is 0.533. The molecule has 126 valence electrons. The lowest BCUT2D eigenvalue weighted by Gasteiger charge is -2.28. The number of thiophene rings is 1. The van der Waals surface area contributed by atoms with Crippen LogP contribution in [0, 0.1) is 0 Å². The van der Waals surface area contributed by atoms with Crippen LogP contribution in [0.2, 0.25) is 4.34 Å². The Balaban J connectivity index is 2.02. The molecule has 0 aliphatic carbocycles. The number of aliphatic carboxylic acids is 1. The molecule has 1 aliphatic rings. The third kappa shape index (κ3) is 4.68. The van der Waals surface area contributed by atoms with Gasteiger partial charge < -0.3 is 14.9 Å². The Morgan fingerprint density at radius 2 is 2.09 bits per heavy atom. The minimum absolute atomic E-state index is 0.0600. The molecule has 0 bridgehead atoms. The van der Waals surface area contributed by atoms with Gasteiger partial charge in [-0.3, -0.25) is 14.4 Å². The SMILES string of the molecule is CC(=O)N(CC(=O)O)C1CCCN(C(=O)c2ccc(Cl)s2)CC1. The van der Waals surface area contributed by atoms with Crippen LogP contribution in [-0.4, -0.2) is 58.4 Å². The van der Waals surface area contributed by atoms with E-state index in [4.69, 9.17) is 16.7 Å². The zero-order valence-corrected chi connectivity index (χ0v) is 14.4. The molecule has 2 heterocycles. The molecule has 2 rings (SSSR count). The van der Waals surface area contributed by atoms with Crippen LogP contribution in [0.5, 0.6) is 0 Å². The van der Waals surface area contributed by atoms with Crippen molar-refractivity contribution in [2.45, 2.75) is 32.2 Å². The summed E-state index contributed by atoms with van der Waals surface area (Å²) < 4.78 is 0.574. The van der Waals surface area contributed by atoms with E-state index in [1.165, 1.54) is 23.2 Å². The Bertz CT molecular complexity index is 604. The average molecular weight is 359 g/mol. The van der Waals surface area contributed by atoms with Crippen LogP contribution in [0.4, 0.5) is 0 Å². The number of nitrogens with zero attached hydrogens (tertiary/aromatic N) is 2. The minimum Gasteiger partial charge on any atom is -0.480 e. The van der Waals surface area contributed by atoms with Crippen LogP contribution in [0.15, 0.2) is 12.1 Å². The van der Waals surface area contributed by atoms with E-state index in [9.17, 15) is 14.4 Å². The summed E-state index contributed by atoms with van der Waals surface area (Å²) in [7, 11) is 0. The van der Waals surface area contributed by atoms with Crippen LogP contribution in [-0.2, 0) is 9.59 Å². The Labute approximate surface area is 143 Å². The van der Waals surface area contributed by atoms with Gasteiger partial charge >= 0.3 is 5.97 Å². The number of rotatable bonds is 4. The van der Waals surface area contributed by atoms with E-state index in [2.05, 4.69) is 0 Å². The second-order valence-corrected chi connectivity index (χ2v) is 7.24. The average Bonchev–Trinajstić information content (AvgIpc) is 2.78. The molecule has 23 heavy (non-hydrogen) atoms. The van der Waals surface area contributed by atoms with Crippen LogP contribution in [0.1, 0.15) is 35.9 Å². The van der Waals surface area contributed by atoms with Crippen molar-refractivity contribution in [1.82, 2.24) is 9.80 Å². The van der Waals surface area contributed by atoms with E-state index in [-0.39, 0.29) is 24.4 Å². The van der Waals surface area contributed by atoms with Gasteiger partial charge in [0.15, 0.2) is 0 Å². The first-order valence-corrected chi connectivity index (χ1v) is 8.61. The molecule has 6 nitrogen and oxygen atoms in total. The molecule has 1 atom stereocenters. The molecule has 8 heteroatoms. The predicted octanol–water partition coefficient (Wildman–Crippen LogP) is 2.33. The monoisotopic (exact) mass is 358 g/mol. The van der Waals surface area contributed by atoms with Crippen LogP contribution < -0.4 is 0 Å². The van der Waals surface area contributed by atoms with Crippen molar-refractivity contribution in [1.29, 1.82) is 0 Å². The summed E-state index contributed by atoms with van der Waals surface area (Å²) in [6, 6.07) is 3.27. The fourth-order valence-electron chi connectivity index (χ4n) is 2.82. The highest BCUT2D eigenvalue weighted by molar-refractivity contribution is 7.17. The number of hydrogen-bond donors (Lipinski definition) is 1. The molecule has 1 saturated heterocycles. The van der Waals surface area contributed by atoms with Crippen LogP contribution in [0.25, 0.3) is 0 Å². The summed E-state index contributed by atoms with van der Waals surface area (Å²) in [6.45, 7) is 2.19. The molecule has 1 unspecified atom stereocenters. The third-order valence-electron chi connectivity index (χ3n) is 3.92. The highest BCUT2D eigenvalue weighted by Gasteiger charge is 2.28. The molecular weight excluding hydrogens is 340 g/mol. The van der Waals surface area contributed by atoms with Crippen molar-refractivity contribution in [2.75, 3.05) is 19.6 Å². The van der Waals surface area contributed by atoms with Crippen LogP contribution >= 0.6 is 22.9 Å². The summed E-state index contributed by atoms with van der Waals surface area (Å²) in [5, 5.41) is 8.96. The van der Waals surface area contributed by atoms with Gasteiger partial charge in [0, 0.05) is 26.1 Å². The maximum absolute atomic E-state index is 12.5. The lowest BCUT2D eigenvalue weighted by molar-refractivity contribution is -0.145. The van der Waals surface area contributed by atoms with Gasteiger partial charge in [-0.15, -0.1) is 11.3 Å². The molecule has 1 fully saturated rings. The first kappa shape index (κ1) is 17.7. The number of carbonyl (C=O) groups excluding carboxylic acids is 2. The summed E-state index contributed by atoms with van der Waals surface area (Å²) in [6.07, 6.45) is 2.01. The highest BCUT2D eigenvalue weighted by Crippen LogP contribution is 2.24. The third-order valence-corrected chi connectivity index (χ3v) is 5.14. The van der Waals surface area contributed by atoms with Gasteiger partial charge in [-0.1, -0.05) is 11.6 Å². The van der Waals surface area contributed by atoms with E-state index in [0.29, 0.717) is 35.1 Å². The van der Waals surface area contributed by atoms with Crippen molar-refractivity contribution in [3.63, 3.8) is 0 Å². The summed E-state index contributed by atoms with van der Waals surface area (Å²) >= 11 is 7.12. The zero-order valence-electron chi connectivity index (χ0n) is 12.8. The van der Waals surface area contributed by atoms with Crippen molar-refractivity contribution in [3.05, 3.63) is 21.3 Å². The maximum atomic E-state index is 12.5. The van der Waals surface area contributed by atoms with Crippen molar-refractivity contribution >= 4 is 40.7 Å². The quantitative estimate of drug-likeness (QED) is 0.896. The predicted molar refractivity (Wildman–Crippen MR) is 87.9 cm³/mol. The normalized spacial score (nSPS) is 18.3. The molecule has 1 aliphatic heterocycles. The topological polar surface area (TPSA) is 77.9 Å². The van der Waals surface area contributed by atoms with Gasteiger partial charge in [0.25, 0.3) is 5.91 Å². The van der Waals surface area contributed by atoms with Gasteiger partial charge in [0.05, 0.1) is 9.21 Å². The fourth-order valence-corrected chi connectivity index (χ4v) is 3.83. The molecule has 1 aromatic rings. The molecule has 1 aromatic heterocycles. The highest BCUT2D eigenvalue weighted by atomic mass is 35.5. The molecule has 0 aromatic carbocycles. The van der Waals surface area contributed by atoms with E-state index in [1.807, 2.05) is 0 Å². The standard InChI is InChI=1S/C15H19ClN2O4S/c1-10(19)18(9-14(20)21)11-3-2-7-17(8-6-11)15(22)12-4-5-13(16)23-12/h4-5,11H,2-3,6-9H2,1H3,(H,20,21). The van der Waals surface area contributed by atoms with Crippen molar-refractivity contribution in [3.8, 4) is 0 Å². The molecule has 1 N–H and O–H groups in total. The van der Waals surface area contributed by atoms with Gasteiger partial charge in [-0.25, -0.2) is 0 Å². The number of carbonyl (C=O) groups is 3. The summed E-state index contributed by atoms with van der Waals surface area (Å²) in [5.41, 5.74) is 0. The Morgan fingerprint density at radius 3 is 2.65 bits per heavy atom. The lowest BCUT2D eigenvalue weighted by Crippen LogP contribution is -2.43. The second-order valence-electron chi connectivity index (χ2n) is 5.52.